The van der Waals surface area contributed by atoms with Crippen molar-refractivity contribution in [3.63, 3.8) is 0 Å². The van der Waals surface area contributed by atoms with E-state index in [2.05, 4.69) is 15.1 Å². The maximum atomic E-state index is 12.6. The first-order chi connectivity index (χ1) is 10.9. The lowest BCUT2D eigenvalue weighted by atomic mass is 10.1. The maximum absolute atomic E-state index is 12.6. The Labute approximate surface area is 139 Å². The molecule has 2 fully saturated rings. The number of hydrogen-bond acceptors (Lipinski definition) is 2. The van der Waals surface area contributed by atoms with E-state index in [-0.39, 0.29) is 0 Å². The number of nitrogens with one attached hydrogen (secondary N) is 1. The molecule has 1 aliphatic carbocycles. The molecule has 3 nitrogen and oxygen atoms in total. The highest BCUT2D eigenvalue weighted by Crippen LogP contribution is 2.29. The molecule has 1 saturated heterocycles. The molecule has 0 amide bonds. The number of thiocarbonyl (C=S) groups is 1. The third-order valence-corrected chi connectivity index (χ3v) is 4.63. The zero-order valence-electron chi connectivity index (χ0n) is 12.8. The Morgan fingerprint density at radius 3 is 2.22 bits per heavy atom. The minimum atomic E-state index is -4.27. The Morgan fingerprint density at radius 2 is 1.70 bits per heavy atom. The number of hydrogen-bond donors (Lipinski definition) is 1. The Kier molecular flexibility index (Phi) is 4.77. The molecule has 0 bridgehead atoms. The molecule has 2 aliphatic rings. The highest BCUT2D eigenvalue weighted by atomic mass is 32.1. The van der Waals surface area contributed by atoms with Crippen molar-refractivity contribution in [1.82, 2.24) is 15.1 Å². The van der Waals surface area contributed by atoms with E-state index in [1.54, 1.807) is 12.1 Å². The molecule has 0 atom stereocenters. The van der Waals surface area contributed by atoms with Crippen molar-refractivity contribution in [3.8, 4) is 0 Å². The van der Waals surface area contributed by atoms with Crippen LogP contribution >= 0.6 is 12.2 Å². The topological polar surface area (TPSA) is 18.5 Å². The van der Waals surface area contributed by atoms with E-state index in [0.717, 1.165) is 49.0 Å². The van der Waals surface area contributed by atoms with Crippen LogP contribution in [-0.2, 0) is 12.7 Å². The van der Waals surface area contributed by atoms with Gasteiger partial charge in [-0.2, -0.15) is 13.2 Å². The van der Waals surface area contributed by atoms with Crippen LogP contribution in [0.4, 0.5) is 13.2 Å². The summed E-state index contributed by atoms with van der Waals surface area (Å²) in [4.78, 5) is 4.43. The van der Waals surface area contributed by atoms with Crippen LogP contribution in [0.3, 0.4) is 0 Å². The molecule has 1 aromatic rings. The van der Waals surface area contributed by atoms with Gasteiger partial charge in [0.05, 0.1) is 5.56 Å². The van der Waals surface area contributed by atoms with E-state index in [1.165, 1.54) is 12.8 Å². The van der Waals surface area contributed by atoms with Crippen molar-refractivity contribution in [2.45, 2.75) is 31.6 Å². The zero-order valence-corrected chi connectivity index (χ0v) is 13.6. The number of benzene rings is 1. The molecule has 1 heterocycles. The van der Waals surface area contributed by atoms with Gasteiger partial charge >= 0.3 is 6.18 Å². The molecule has 0 spiro atoms. The summed E-state index contributed by atoms with van der Waals surface area (Å²) in [5.74, 6) is 0. The van der Waals surface area contributed by atoms with E-state index >= 15 is 0 Å². The molecule has 1 saturated carbocycles. The largest absolute Gasteiger partial charge is 0.416 e. The number of halogens is 3. The average molecular weight is 343 g/mol. The average Bonchev–Trinajstić information content (AvgIpc) is 3.31. The molecule has 126 valence electrons. The van der Waals surface area contributed by atoms with Gasteiger partial charge in [0.25, 0.3) is 0 Å². The predicted octanol–water partition coefficient (Wildman–Crippen LogP) is 2.86. The van der Waals surface area contributed by atoms with Crippen molar-refractivity contribution in [2.24, 2.45) is 0 Å². The second-order valence-corrected chi connectivity index (χ2v) is 6.57. The minimum Gasteiger partial charge on any atom is -0.360 e. The first kappa shape index (κ1) is 16.5. The van der Waals surface area contributed by atoms with Gasteiger partial charge in [0.1, 0.15) is 0 Å². The Morgan fingerprint density at radius 1 is 1.09 bits per heavy atom. The molecule has 1 aromatic carbocycles. The van der Waals surface area contributed by atoms with Crippen LogP contribution in [0.5, 0.6) is 0 Å². The lowest BCUT2D eigenvalue weighted by Crippen LogP contribution is -2.51. The second-order valence-electron chi connectivity index (χ2n) is 6.18. The van der Waals surface area contributed by atoms with Crippen molar-refractivity contribution in [1.29, 1.82) is 0 Å². The summed E-state index contributed by atoms with van der Waals surface area (Å²) in [5.41, 5.74) is 0.313. The van der Waals surface area contributed by atoms with E-state index in [1.807, 2.05) is 0 Å². The molecule has 1 aliphatic heterocycles. The van der Waals surface area contributed by atoms with Gasteiger partial charge in [0.15, 0.2) is 5.11 Å². The van der Waals surface area contributed by atoms with Gasteiger partial charge in [-0.05, 0) is 42.8 Å². The van der Waals surface area contributed by atoms with Crippen LogP contribution in [-0.4, -0.2) is 47.1 Å². The summed E-state index contributed by atoms with van der Waals surface area (Å²) < 4.78 is 37.7. The van der Waals surface area contributed by atoms with E-state index in [4.69, 9.17) is 12.2 Å². The third kappa shape index (κ3) is 4.57. The fourth-order valence-corrected chi connectivity index (χ4v) is 3.01. The maximum Gasteiger partial charge on any atom is 0.416 e. The molecule has 1 N–H and O–H groups in total. The molecule has 3 rings (SSSR count). The van der Waals surface area contributed by atoms with Crippen molar-refractivity contribution >= 4 is 17.3 Å². The van der Waals surface area contributed by atoms with Crippen LogP contribution in [0.15, 0.2) is 24.3 Å². The van der Waals surface area contributed by atoms with Crippen LogP contribution in [0.25, 0.3) is 0 Å². The SMILES string of the molecule is FC(F)(F)c1ccc(CN2CCN(C(=S)NC3CC3)CC2)cc1. The summed E-state index contributed by atoms with van der Waals surface area (Å²) in [5, 5.41) is 4.18. The van der Waals surface area contributed by atoms with Crippen LogP contribution in [0.2, 0.25) is 0 Å². The molecule has 0 aromatic heterocycles. The number of piperazine rings is 1. The van der Waals surface area contributed by atoms with Crippen molar-refractivity contribution in [3.05, 3.63) is 35.4 Å². The van der Waals surface area contributed by atoms with E-state index < -0.39 is 11.7 Å². The lowest BCUT2D eigenvalue weighted by molar-refractivity contribution is -0.137. The van der Waals surface area contributed by atoms with Crippen LogP contribution in [0.1, 0.15) is 24.0 Å². The first-order valence-corrected chi connectivity index (χ1v) is 8.26. The Balaban J connectivity index is 1.47. The number of rotatable bonds is 3. The highest BCUT2D eigenvalue weighted by molar-refractivity contribution is 7.80. The van der Waals surface area contributed by atoms with Gasteiger partial charge in [0, 0.05) is 38.8 Å². The molecule has 0 unspecified atom stereocenters. The zero-order chi connectivity index (χ0) is 16.4. The van der Waals surface area contributed by atoms with Crippen LogP contribution < -0.4 is 5.32 Å². The van der Waals surface area contributed by atoms with Gasteiger partial charge in [0.2, 0.25) is 0 Å². The second kappa shape index (κ2) is 6.65. The van der Waals surface area contributed by atoms with Crippen LogP contribution in [0, 0.1) is 0 Å². The van der Waals surface area contributed by atoms with Gasteiger partial charge in [-0.15, -0.1) is 0 Å². The molecule has 7 heteroatoms. The molecular formula is C16H20F3N3S. The molecular weight excluding hydrogens is 323 g/mol. The summed E-state index contributed by atoms with van der Waals surface area (Å²) >= 11 is 5.40. The van der Waals surface area contributed by atoms with Gasteiger partial charge in [-0.3, -0.25) is 4.90 Å². The van der Waals surface area contributed by atoms with Gasteiger partial charge in [-0.1, -0.05) is 12.1 Å². The van der Waals surface area contributed by atoms with Crippen molar-refractivity contribution in [2.75, 3.05) is 26.2 Å². The highest BCUT2D eigenvalue weighted by Gasteiger charge is 2.30. The smallest absolute Gasteiger partial charge is 0.360 e. The Hall–Kier alpha value is -1.34. The monoisotopic (exact) mass is 343 g/mol. The predicted molar refractivity (Wildman–Crippen MR) is 87.0 cm³/mol. The van der Waals surface area contributed by atoms with E-state index in [9.17, 15) is 13.2 Å². The van der Waals surface area contributed by atoms with E-state index in [0.29, 0.717) is 12.6 Å². The summed E-state index contributed by atoms with van der Waals surface area (Å²) in [6.45, 7) is 4.13. The fourth-order valence-electron chi connectivity index (χ4n) is 2.66. The minimum absolute atomic E-state index is 0.563. The molecule has 23 heavy (non-hydrogen) atoms. The third-order valence-electron chi connectivity index (χ3n) is 4.25. The fraction of sp³-hybridized carbons (Fsp3) is 0.562. The molecule has 0 radical (unpaired) electrons. The Bertz CT molecular complexity index is 547. The standard InChI is InChI=1S/C16H20F3N3S/c17-16(18,19)13-3-1-12(2-4-13)11-21-7-9-22(10-8-21)15(23)20-14-5-6-14/h1-4,14H,5-11H2,(H,20,23). The first-order valence-electron chi connectivity index (χ1n) is 7.86. The summed E-state index contributed by atoms with van der Waals surface area (Å²) in [6, 6.07) is 6.00. The lowest BCUT2D eigenvalue weighted by Gasteiger charge is -2.36. The number of nitrogens with zero attached hydrogens (tertiary/aromatic N) is 2. The number of alkyl halides is 3. The normalized spacial score (nSPS) is 19.7. The van der Waals surface area contributed by atoms with Crippen molar-refractivity contribution < 1.29 is 13.2 Å². The van der Waals surface area contributed by atoms with Gasteiger partial charge < -0.3 is 10.2 Å². The summed E-state index contributed by atoms with van der Waals surface area (Å²) in [7, 11) is 0. The quantitative estimate of drug-likeness (QED) is 0.851. The summed E-state index contributed by atoms with van der Waals surface area (Å²) in [6.07, 6.45) is -1.86. The van der Waals surface area contributed by atoms with Gasteiger partial charge in [-0.25, -0.2) is 0 Å².